The van der Waals surface area contributed by atoms with E-state index in [1.54, 1.807) is 0 Å². The number of ether oxygens (including phenoxy) is 1. The van der Waals surface area contributed by atoms with E-state index in [1.165, 1.54) is 32.1 Å². The predicted octanol–water partition coefficient (Wildman–Crippen LogP) is 4.89. The first kappa shape index (κ1) is 16.1. The van der Waals surface area contributed by atoms with Crippen LogP contribution in [-0.2, 0) is 0 Å². The van der Waals surface area contributed by atoms with Gasteiger partial charge in [-0.05, 0) is 49.1 Å². The lowest BCUT2D eigenvalue weighted by Crippen LogP contribution is -2.29. The van der Waals surface area contributed by atoms with Gasteiger partial charge in [0.2, 0.25) is 0 Å². The Labute approximate surface area is 129 Å². The highest BCUT2D eigenvalue weighted by molar-refractivity contribution is 5.49. The first-order valence-electron chi connectivity index (χ1n) is 8.47. The largest absolute Gasteiger partial charge is 0.490 e. The van der Waals surface area contributed by atoms with Gasteiger partial charge in [0.25, 0.3) is 0 Å². The van der Waals surface area contributed by atoms with Crippen LogP contribution in [0.4, 0.5) is 5.82 Å². The third kappa shape index (κ3) is 4.62. The van der Waals surface area contributed by atoms with E-state index in [1.807, 2.05) is 18.3 Å². The maximum atomic E-state index is 5.79. The molecule has 3 heteroatoms. The van der Waals surface area contributed by atoms with Crippen molar-refractivity contribution in [2.24, 2.45) is 11.3 Å². The fraction of sp³-hybridized carbons (Fsp3) is 0.722. The number of hydrogen-bond acceptors (Lipinski definition) is 3. The van der Waals surface area contributed by atoms with Gasteiger partial charge in [-0.25, -0.2) is 4.98 Å². The molecule has 0 saturated heterocycles. The normalized spacial score (nSPS) is 17.1. The van der Waals surface area contributed by atoms with E-state index in [2.05, 4.69) is 31.1 Å². The summed E-state index contributed by atoms with van der Waals surface area (Å²) in [4.78, 5) is 4.47. The minimum Gasteiger partial charge on any atom is -0.490 e. The summed E-state index contributed by atoms with van der Waals surface area (Å²) in [5, 5.41) is 3.57. The Bertz CT molecular complexity index is 425. The van der Waals surface area contributed by atoms with Crippen LogP contribution in [0.2, 0.25) is 0 Å². The lowest BCUT2D eigenvalue weighted by molar-refractivity contribution is 0.251. The van der Waals surface area contributed by atoms with Crippen molar-refractivity contribution < 1.29 is 4.74 Å². The second-order valence-electron chi connectivity index (χ2n) is 6.86. The Hall–Kier alpha value is -1.25. The molecular weight excluding hydrogens is 260 g/mol. The number of aromatic nitrogens is 1. The van der Waals surface area contributed by atoms with Crippen molar-refractivity contribution in [1.82, 2.24) is 4.98 Å². The maximum Gasteiger partial charge on any atom is 0.168 e. The third-order valence-corrected chi connectivity index (χ3v) is 4.37. The van der Waals surface area contributed by atoms with E-state index in [-0.39, 0.29) is 0 Å². The van der Waals surface area contributed by atoms with Gasteiger partial charge < -0.3 is 10.1 Å². The van der Waals surface area contributed by atoms with E-state index in [0.717, 1.165) is 37.1 Å². The second-order valence-corrected chi connectivity index (χ2v) is 6.86. The zero-order valence-corrected chi connectivity index (χ0v) is 13.8. The molecule has 1 N–H and O–H groups in total. The Kier molecular flexibility index (Phi) is 5.89. The average Bonchev–Trinajstić information content (AvgIpc) is 2.92. The number of rotatable bonds is 8. The van der Waals surface area contributed by atoms with Crippen LogP contribution in [0.25, 0.3) is 0 Å². The number of nitrogens with zero attached hydrogens (tertiary/aromatic N) is 1. The highest BCUT2D eigenvalue weighted by Crippen LogP contribution is 2.43. The zero-order valence-electron chi connectivity index (χ0n) is 13.8. The minimum absolute atomic E-state index is 0.452. The first-order chi connectivity index (χ1) is 10.2. The summed E-state index contributed by atoms with van der Waals surface area (Å²) in [6.07, 6.45) is 9.59. The minimum atomic E-state index is 0.452. The highest BCUT2D eigenvalue weighted by atomic mass is 16.5. The van der Waals surface area contributed by atoms with Gasteiger partial charge in [0.15, 0.2) is 11.6 Å². The Morgan fingerprint density at radius 2 is 2.10 bits per heavy atom. The molecule has 0 spiro atoms. The van der Waals surface area contributed by atoms with Crippen molar-refractivity contribution in [1.29, 1.82) is 0 Å². The van der Waals surface area contributed by atoms with Gasteiger partial charge >= 0.3 is 0 Å². The molecule has 118 valence electrons. The van der Waals surface area contributed by atoms with Crippen molar-refractivity contribution in [2.45, 2.75) is 59.3 Å². The molecule has 1 saturated carbocycles. The van der Waals surface area contributed by atoms with Crippen LogP contribution in [0.5, 0.6) is 5.75 Å². The molecule has 3 nitrogen and oxygen atoms in total. The molecule has 1 fully saturated rings. The van der Waals surface area contributed by atoms with Crippen LogP contribution < -0.4 is 10.1 Å². The van der Waals surface area contributed by atoms with E-state index in [4.69, 9.17) is 4.74 Å². The second kappa shape index (κ2) is 7.67. The van der Waals surface area contributed by atoms with Gasteiger partial charge in [0, 0.05) is 12.7 Å². The molecule has 21 heavy (non-hydrogen) atoms. The lowest BCUT2D eigenvalue weighted by atomic mass is 9.78. The lowest BCUT2D eigenvalue weighted by Gasteiger charge is -2.31. The monoisotopic (exact) mass is 290 g/mol. The predicted molar refractivity (Wildman–Crippen MR) is 88.9 cm³/mol. The fourth-order valence-corrected chi connectivity index (χ4v) is 3.57. The van der Waals surface area contributed by atoms with Crippen LogP contribution in [0.15, 0.2) is 18.3 Å². The van der Waals surface area contributed by atoms with Gasteiger partial charge in [-0.1, -0.05) is 33.6 Å². The van der Waals surface area contributed by atoms with Crippen LogP contribution in [0.1, 0.15) is 59.3 Å². The molecule has 0 unspecified atom stereocenters. The van der Waals surface area contributed by atoms with Gasteiger partial charge in [-0.3, -0.25) is 0 Å². The molecule has 1 heterocycles. The topological polar surface area (TPSA) is 34.1 Å². The summed E-state index contributed by atoms with van der Waals surface area (Å²) in [7, 11) is 0. The maximum absolute atomic E-state index is 5.79. The molecule has 0 atom stereocenters. The molecule has 0 bridgehead atoms. The smallest absolute Gasteiger partial charge is 0.168 e. The molecule has 2 rings (SSSR count). The summed E-state index contributed by atoms with van der Waals surface area (Å²) in [6, 6.07) is 3.95. The van der Waals surface area contributed by atoms with E-state index >= 15 is 0 Å². The molecule has 0 radical (unpaired) electrons. The summed E-state index contributed by atoms with van der Waals surface area (Å²) in [6.45, 7) is 8.55. The third-order valence-electron chi connectivity index (χ3n) is 4.37. The van der Waals surface area contributed by atoms with Gasteiger partial charge in [0.1, 0.15) is 0 Å². The molecule has 0 aliphatic heterocycles. The molecule has 0 aromatic carbocycles. The summed E-state index contributed by atoms with van der Waals surface area (Å²) in [5.74, 6) is 2.54. The summed E-state index contributed by atoms with van der Waals surface area (Å²) < 4.78 is 5.79. The SMILES string of the molecule is CCCOc1cccnc1NCC1(CC(C)C)CCCC1. The molecule has 0 amide bonds. The summed E-state index contributed by atoms with van der Waals surface area (Å²) in [5.41, 5.74) is 0.452. The molecule has 1 aromatic rings. The quantitative estimate of drug-likeness (QED) is 0.740. The zero-order chi connectivity index (χ0) is 15.1. The highest BCUT2D eigenvalue weighted by Gasteiger charge is 2.34. The van der Waals surface area contributed by atoms with Gasteiger partial charge in [0.05, 0.1) is 6.61 Å². The van der Waals surface area contributed by atoms with Crippen molar-refractivity contribution in [2.75, 3.05) is 18.5 Å². The van der Waals surface area contributed by atoms with Gasteiger partial charge in [-0.15, -0.1) is 0 Å². The van der Waals surface area contributed by atoms with Crippen molar-refractivity contribution in [3.05, 3.63) is 18.3 Å². The van der Waals surface area contributed by atoms with Crippen LogP contribution in [-0.4, -0.2) is 18.1 Å². The van der Waals surface area contributed by atoms with E-state index in [9.17, 15) is 0 Å². The van der Waals surface area contributed by atoms with Crippen LogP contribution in [0.3, 0.4) is 0 Å². The molecule has 1 aromatic heterocycles. The molecule has 1 aliphatic rings. The van der Waals surface area contributed by atoms with Gasteiger partial charge in [-0.2, -0.15) is 0 Å². The van der Waals surface area contributed by atoms with Crippen LogP contribution >= 0.6 is 0 Å². The molecule has 1 aliphatic carbocycles. The van der Waals surface area contributed by atoms with E-state index < -0.39 is 0 Å². The van der Waals surface area contributed by atoms with E-state index in [0.29, 0.717) is 5.41 Å². The Morgan fingerprint density at radius 3 is 2.76 bits per heavy atom. The van der Waals surface area contributed by atoms with Crippen molar-refractivity contribution in [3.63, 3.8) is 0 Å². The first-order valence-corrected chi connectivity index (χ1v) is 8.47. The number of nitrogens with one attached hydrogen (secondary N) is 1. The van der Waals surface area contributed by atoms with Crippen LogP contribution in [0, 0.1) is 11.3 Å². The Morgan fingerprint density at radius 1 is 1.33 bits per heavy atom. The average molecular weight is 290 g/mol. The number of pyridine rings is 1. The Balaban J connectivity index is 2.00. The summed E-state index contributed by atoms with van der Waals surface area (Å²) >= 11 is 0. The molecular formula is C18H30N2O. The fourth-order valence-electron chi connectivity index (χ4n) is 3.57. The van der Waals surface area contributed by atoms with Crippen molar-refractivity contribution in [3.8, 4) is 5.75 Å². The number of hydrogen-bond donors (Lipinski definition) is 1. The van der Waals surface area contributed by atoms with Crippen molar-refractivity contribution >= 4 is 5.82 Å². The standard InChI is InChI=1S/C18H30N2O/c1-4-12-21-16-8-7-11-19-17(16)20-14-18(13-15(2)3)9-5-6-10-18/h7-8,11,15H,4-6,9-10,12-14H2,1-3H3,(H,19,20). The number of anilines is 1.